The Morgan fingerprint density at radius 2 is 1.88 bits per heavy atom. The van der Waals surface area contributed by atoms with Crippen molar-refractivity contribution in [3.05, 3.63) is 90.0 Å². The van der Waals surface area contributed by atoms with Crippen LogP contribution in [0.3, 0.4) is 0 Å². The number of nitrogens with two attached hydrogens (primary N) is 1. The predicted molar refractivity (Wildman–Crippen MR) is 106 cm³/mol. The molecule has 2 rings (SSSR count). The molecule has 1 aromatic carbocycles. The topological polar surface area (TPSA) is 73.1 Å². The molecule has 1 heterocycles. The van der Waals surface area contributed by atoms with Crippen LogP contribution in [0.4, 0.5) is 0 Å². The Balaban J connectivity index is 2.31. The summed E-state index contributed by atoms with van der Waals surface area (Å²) >= 11 is 5.76. The molecule has 1 aromatic heterocycles. The molecule has 136 valence electrons. The molecule has 0 aliphatic heterocycles. The van der Waals surface area contributed by atoms with Gasteiger partial charge in [0.25, 0.3) is 0 Å². The van der Waals surface area contributed by atoms with Gasteiger partial charge in [0.15, 0.2) is 0 Å². The number of ether oxygens (including phenoxy) is 1. The van der Waals surface area contributed by atoms with Crippen LogP contribution in [0.15, 0.2) is 73.5 Å². The first-order valence-corrected chi connectivity index (χ1v) is 8.63. The first kappa shape index (κ1) is 19.5. The number of nitrogens with zero attached hydrogens (tertiary/aromatic N) is 2. The molecular weight excluding hydrogens is 348 g/mol. The van der Waals surface area contributed by atoms with Gasteiger partial charge in [-0.2, -0.15) is 0 Å². The van der Waals surface area contributed by atoms with Gasteiger partial charge < -0.3 is 15.8 Å². The first-order valence-electron chi connectivity index (χ1n) is 8.25. The lowest BCUT2D eigenvalue weighted by molar-refractivity contribution is 0.118. The lowest BCUT2D eigenvalue weighted by Gasteiger charge is -2.23. The van der Waals surface area contributed by atoms with E-state index in [4.69, 9.17) is 22.1 Å². The van der Waals surface area contributed by atoms with Crippen molar-refractivity contribution >= 4 is 17.2 Å². The first-order chi connectivity index (χ1) is 12.5. The quantitative estimate of drug-likeness (QED) is 0.413. The van der Waals surface area contributed by atoms with Gasteiger partial charge >= 0.3 is 0 Å². The van der Waals surface area contributed by atoms with Crippen molar-refractivity contribution in [2.45, 2.75) is 26.0 Å². The number of halogens is 1. The summed E-state index contributed by atoms with van der Waals surface area (Å²) in [6.45, 7) is 7.70. The van der Waals surface area contributed by atoms with Crippen LogP contribution in [0.5, 0.6) is 0 Å². The SMILES string of the molecule is C=CNC(C)/C(=C\C(=C/N)c1cnc(Cl)nc1)OC(C)c1ccccc1. The largest absolute Gasteiger partial charge is 0.488 e. The van der Waals surface area contributed by atoms with Crippen LogP contribution in [0, 0.1) is 0 Å². The van der Waals surface area contributed by atoms with Crippen LogP contribution in [-0.4, -0.2) is 16.0 Å². The number of allylic oxidation sites excluding steroid dienone is 2. The standard InChI is InChI=1S/C20H23ClN4O/c1-4-23-14(2)19(26-15(3)16-8-6-5-7-9-16)10-17(11-22)18-12-24-20(21)25-13-18/h4-15,23H,1,22H2,2-3H3/b17-11+,19-10+. The molecule has 26 heavy (non-hydrogen) atoms. The molecule has 2 aromatic rings. The maximum atomic E-state index is 6.22. The predicted octanol–water partition coefficient (Wildman–Crippen LogP) is 4.21. The van der Waals surface area contributed by atoms with Gasteiger partial charge in [0.05, 0.1) is 6.04 Å². The molecule has 0 radical (unpaired) electrons. The van der Waals surface area contributed by atoms with Gasteiger partial charge in [0, 0.05) is 29.7 Å². The maximum Gasteiger partial charge on any atom is 0.222 e. The van der Waals surface area contributed by atoms with Crippen LogP contribution in [0.25, 0.3) is 5.57 Å². The second-order valence-corrected chi connectivity index (χ2v) is 6.01. The zero-order valence-electron chi connectivity index (χ0n) is 14.9. The second kappa shape index (κ2) is 9.63. The van der Waals surface area contributed by atoms with Crippen molar-refractivity contribution in [3.63, 3.8) is 0 Å². The van der Waals surface area contributed by atoms with Crippen molar-refractivity contribution in [3.8, 4) is 0 Å². The molecule has 0 saturated carbocycles. The minimum Gasteiger partial charge on any atom is -0.488 e. The van der Waals surface area contributed by atoms with Gasteiger partial charge in [0.1, 0.15) is 11.9 Å². The van der Waals surface area contributed by atoms with Crippen molar-refractivity contribution in [2.75, 3.05) is 0 Å². The summed E-state index contributed by atoms with van der Waals surface area (Å²) in [6.07, 6.45) is 8.10. The third kappa shape index (κ3) is 5.36. The van der Waals surface area contributed by atoms with E-state index in [2.05, 4.69) is 21.9 Å². The van der Waals surface area contributed by atoms with E-state index in [0.717, 1.165) is 16.7 Å². The summed E-state index contributed by atoms with van der Waals surface area (Å²) in [7, 11) is 0. The van der Waals surface area contributed by atoms with E-state index in [0.29, 0.717) is 5.76 Å². The summed E-state index contributed by atoms with van der Waals surface area (Å²) in [5.41, 5.74) is 8.37. The van der Waals surface area contributed by atoms with E-state index in [1.54, 1.807) is 18.6 Å². The Morgan fingerprint density at radius 1 is 1.23 bits per heavy atom. The van der Waals surface area contributed by atoms with E-state index >= 15 is 0 Å². The fourth-order valence-corrected chi connectivity index (χ4v) is 2.46. The molecule has 6 heteroatoms. The van der Waals surface area contributed by atoms with Crippen LogP contribution < -0.4 is 11.1 Å². The molecule has 0 amide bonds. The average Bonchev–Trinajstić information content (AvgIpc) is 2.66. The summed E-state index contributed by atoms with van der Waals surface area (Å²) in [5.74, 6) is 0.716. The number of benzene rings is 1. The number of nitrogens with one attached hydrogen (secondary N) is 1. The molecule has 0 aliphatic carbocycles. The minimum absolute atomic E-state index is 0.0955. The van der Waals surface area contributed by atoms with Gasteiger partial charge in [-0.3, -0.25) is 0 Å². The zero-order valence-corrected chi connectivity index (χ0v) is 15.6. The van der Waals surface area contributed by atoms with Gasteiger partial charge in [-0.25, -0.2) is 9.97 Å². The number of hydrogen-bond acceptors (Lipinski definition) is 5. The zero-order chi connectivity index (χ0) is 18.9. The van der Waals surface area contributed by atoms with E-state index in [-0.39, 0.29) is 17.4 Å². The third-order valence-electron chi connectivity index (χ3n) is 3.81. The molecule has 0 spiro atoms. The maximum absolute atomic E-state index is 6.22. The van der Waals surface area contributed by atoms with Gasteiger partial charge in [0.2, 0.25) is 5.28 Å². The van der Waals surface area contributed by atoms with Crippen LogP contribution in [0.1, 0.15) is 31.1 Å². The summed E-state index contributed by atoms with van der Waals surface area (Å²) in [6, 6.07) is 9.91. The summed E-state index contributed by atoms with van der Waals surface area (Å²) < 4.78 is 6.22. The Kier molecular flexibility index (Phi) is 7.24. The van der Waals surface area contributed by atoms with Gasteiger partial charge in [-0.05, 0) is 43.3 Å². The van der Waals surface area contributed by atoms with E-state index < -0.39 is 0 Å². The molecule has 0 aliphatic rings. The van der Waals surface area contributed by atoms with Crippen LogP contribution in [-0.2, 0) is 4.74 Å². The van der Waals surface area contributed by atoms with Crippen molar-refractivity contribution in [1.29, 1.82) is 0 Å². The Hall–Kier alpha value is -2.79. The van der Waals surface area contributed by atoms with Crippen molar-refractivity contribution in [2.24, 2.45) is 5.73 Å². The Morgan fingerprint density at radius 3 is 2.46 bits per heavy atom. The lowest BCUT2D eigenvalue weighted by Crippen LogP contribution is -2.25. The van der Waals surface area contributed by atoms with Gasteiger partial charge in [-0.1, -0.05) is 36.9 Å². The van der Waals surface area contributed by atoms with E-state index in [1.165, 1.54) is 6.20 Å². The normalized spacial score (nSPS) is 14.4. The molecule has 0 saturated heterocycles. The average molecular weight is 371 g/mol. The summed E-state index contributed by atoms with van der Waals surface area (Å²) in [4.78, 5) is 8.00. The highest BCUT2D eigenvalue weighted by Gasteiger charge is 2.15. The molecular formula is C20H23ClN4O. The smallest absolute Gasteiger partial charge is 0.222 e. The third-order valence-corrected chi connectivity index (χ3v) is 4.00. The van der Waals surface area contributed by atoms with E-state index in [9.17, 15) is 0 Å². The monoisotopic (exact) mass is 370 g/mol. The molecule has 3 N–H and O–H groups in total. The number of rotatable bonds is 8. The number of aromatic nitrogens is 2. The lowest BCUT2D eigenvalue weighted by atomic mass is 10.1. The molecule has 2 atom stereocenters. The van der Waals surface area contributed by atoms with Crippen molar-refractivity contribution in [1.82, 2.24) is 15.3 Å². The molecule has 2 unspecified atom stereocenters. The van der Waals surface area contributed by atoms with Crippen molar-refractivity contribution < 1.29 is 4.74 Å². The number of hydrogen-bond donors (Lipinski definition) is 2. The fraction of sp³-hybridized carbons (Fsp3) is 0.200. The molecule has 5 nitrogen and oxygen atoms in total. The Labute approximate surface area is 159 Å². The molecule has 0 bridgehead atoms. The minimum atomic E-state index is -0.128. The second-order valence-electron chi connectivity index (χ2n) is 5.67. The summed E-state index contributed by atoms with van der Waals surface area (Å²) in [5, 5.41) is 3.33. The highest BCUT2D eigenvalue weighted by molar-refractivity contribution is 6.28. The highest BCUT2D eigenvalue weighted by atomic mass is 35.5. The Bertz CT molecular complexity index is 772. The van der Waals surface area contributed by atoms with Gasteiger partial charge in [-0.15, -0.1) is 0 Å². The van der Waals surface area contributed by atoms with Crippen LogP contribution >= 0.6 is 11.6 Å². The fourth-order valence-electron chi connectivity index (χ4n) is 2.36. The highest BCUT2D eigenvalue weighted by Crippen LogP contribution is 2.24. The molecule has 0 fully saturated rings. The van der Waals surface area contributed by atoms with Crippen LogP contribution in [0.2, 0.25) is 5.28 Å². The van der Waals surface area contributed by atoms with E-state index in [1.807, 2.05) is 50.3 Å².